The zero-order valence-corrected chi connectivity index (χ0v) is 15.3. The zero-order chi connectivity index (χ0) is 19.8. The predicted molar refractivity (Wildman–Crippen MR) is 105 cm³/mol. The predicted octanol–water partition coefficient (Wildman–Crippen LogP) is 2.19. The molecule has 3 N–H and O–H groups in total. The Hall–Kier alpha value is -3.94. The molecule has 0 saturated heterocycles. The van der Waals surface area contributed by atoms with Gasteiger partial charge in [-0.25, -0.2) is 19.3 Å². The summed E-state index contributed by atoms with van der Waals surface area (Å²) in [5.74, 6) is 0.151. The number of nitrogens with one attached hydrogen (secondary N) is 1. The van der Waals surface area contributed by atoms with Crippen molar-refractivity contribution in [2.75, 3.05) is 7.11 Å². The van der Waals surface area contributed by atoms with Crippen molar-refractivity contribution < 1.29 is 9.53 Å². The van der Waals surface area contributed by atoms with E-state index < -0.39 is 11.6 Å². The van der Waals surface area contributed by atoms with Gasteiger partial charge in [0, 0.05) is 11.6 Å². The molecule has 0 saturated carbocycles. The quantitative estimate of drug-likeness (QED) is 0.567. The number of carbonyl (C=O) groups is 1. The highest BCUT2D eigenvalue weighted by Gasteiger charge is 2.20. The van der Waals surface area contributed by atoms with Crippen LogP contribution in [0.5, 0.6) is 5.75 Å². The van der Waals surface area contributed by atoms with Gasteiger partial charge in [-0.1, -0.05) is 30.3 Å². The molecule has 140 valence electrons. The summed E-state index contributed by atoms with van der Waals surface area (Å²) >= 11 is 0. The molecule has 2 aromatic heterocycles. The Morgan fingerprint density at radius 2 is 1.93 bits per heavy atom. The summed E-state index contributed by atoms with van der Waals surface area (Å²) in [4.78, 5) is 36.2. The second-order valence-corrected chi connectivity index (χ2v) is 6.24. The van der Waals surface area contributed by atoms with Gasteiger partial charge in [0.1, 0.15) is 11.3 Å². The maximum Gasteiger partial charge on any atom is 0.332 e. The largest absolute Gasteiger partial charge is 0.497 e. The van der Waals surface area contributed by atoms with Crippen molar-refractivity contribution in [2.45, 2.75) is 6.92 Å². The van der Waals surface area contributed by atoms with Crippen molar-refractivity contribution in [1.82, 2.24) is 19.5 Å². The van der Waals surface area contributed by atoms with Gasteiger partial charge in [0.05, 0.1) is 12.8 Å². The summed E-state index contributed by atoms with van der Waals surface area (Å²) in [6.45, 7) is 1.92. The molecular formula is C20H17N5O3. The Balaban J connectivity index is 2.07. The fourth-order valence-corrected chi connectivity index (χ4v) is 3.10. The number of amides is 1. The number of aryl methyl sites for hydroxylation is 1. The van der Waals surface area contributed by atoms with E-state index in [1.54, 1.807) is 31.4 Å². The van der Waals surface area contributed by atoms with Crippen LogP contribution in [0.1, 0.15) is 16.1 Å². The van der Waals surface area contributed by atoms with E-state index in [2.05, 4.69) is 15.0 Å². The minimum absolute atomic E-state index is 0.0398. The maximum absolute atomic E-state index is 12.7. The van der Waals surface area contributed by atoms with Crippen molar-refractivity contribution in [3.8, 4) is 22.8 Å². The first-order valence-electron chi connectivity index (χ1n) is 8.52. The standard InChI is InChI=1S/C20H17N5O3/c1-11-6-3-4-9-14(11)18-22-15(17(21)26)16-19(24-18)25(20(27)23-16)12-7-5-8-13(10-12)28-2/h3-10H,1-2H3,(H2,21,26)(H,23,27). The molecule has 0 unspecified atom stereocenters. The van der Waals surface area contributed by atoms with Gasteiger partial charge in [-0.2, -0.15) is 0 Å². The molecule has 0 aliphatic heterocycles. The number of aromatic amines is 1. The molecule has 0 bridgehead atoms. The van der Waals surface area contributed by atoms with E-state index >= 15 is 0 Å². The van der Waals surface area contributed by atoms with Crippen LogP contribution in [0, 0.1) is 6.92 Å². The first kappa shape index (κ1) is 17.5. The summed E-state index contributed by atoms with van der Waals surface area (Å²) < 4.78 is 6.61. The number of benzene rings is 2. The molecule has 0 aliphatic rings. The number of hydrogen-bond acceptors (Lipinski definition) is 5. The number of aromatic nitrogens is 4. The molecule has 8 heteroatoms. The number of hydrogen-bond donors (Lipinski definition) is 2. The van der Waals surface area contributed by atoms with Gasteiger partial charge < -0.3 is 15.5 Å². The van der Waals surface area contributed by atoms with E-state index in [-0.39, 0.29) is 16.9 Å². The fraction of sp³-hybridized carbons (Fsp3) is 0.100. The van der Waals surface area contributed by atoms with Crippen molar-refractivity contribution in [2.24, 2.45) is 5.73 Å². The van der Waals surface area contributed by atoms with Crippen LogP contribution in [0.4, 0.5) is 0 Å². The van der Waals surface area contributed by atoms with Crippen molar-refractivity contribution in [3.05, 3.63) is 70.3 Å². The van der Waals surface area contributed by atoms with E-state index in [0.717, 1.165) is 11.1 Å². The van der Waals surface area contributed by atoms with E-state index in [1.165, 1.54) is 4.57 Å². The smallest absolute Gasteiger partial charge is 0.332 e. The fourth-order valence-electron chi connectivity index (χ4n) is 3.10. The van der Waals surface area contributed by atoms with Gasteiger partial charge in [0.25, 0.3) is 5.91 Å². The van der Waals surface area contributed by atoms with Crippen LogP contribution in [-0.4, -0.2) is 32.5 Å². The number of carbonyl (C=O) groups excluding carboxylic acids is 1. The molecule has 8 nitrogen and oxygen atoms in total. The Bertz CT molecular complexity index is 1270. The summed E-state index contributed by atoms with van der Waals surface area (Å²) in [6, 6.07) is 14.5. The monoisotopic (exact) mass is 375 g/mol. The van der Waals surface area contributed by atoms with Gasteiger partial charge in [-0.15, -0.1) is 0 Å². The molecule has 4 rings (SSSR count). The lowest BCUT2D eigenvalue weighted by Gasteiger charge is -2.09. The topological polar surface area (TPSA) is 116 Å². The average Bonchev–Trinajstić information content (AvgIpc) is 3.03. The summed E-state index contributed by atoms with van der Waals surface area (Å²) in [5, 5.41) is 0. The number of ether oxygens (including phenoxy) is 1. The molecule has 0 fully saturated rings. The second-order valence-electron chi connectivity index (χ2n) is 6.24. The minimum Gasteiger partial charge on any atom is -0.497 e. The summed E-state index contributed by atoms with van der Waals surface area (Å²) in [6.07, 6.45) is 0. The van der Waals surface area contributed by atoms with Crippen LogP contribution < -0.4 is 16.2 Å². The van der Waals surface area contributed by atoms with Crippen LogP contribution in [0.3, 0.4) is 0 Å². The highest BCUT2D eigenvalue weighted by molar-refractivity contribution is 6.02. The molecule has 0 radical (unpaired) electrons. The van der Waals surface area contributed by atoms with E-state index in [4.69, 9.17) is 10.5 Å². The third-order valence-electron chi connectivity index (χ3n) is 4.47. The number of fused-ring (bicyclic) bond motifs is 1. The van der Waals surface area contributed by atoms with Crippen LogP contribution in [0.2, 0.25) is 0 Å². The minimum atomic E-state index is -0.749. The van der Waals surface area contributed by atoms with Gasteiger partial charge in [-0.3, -0.25) is 4.79 Å². The maximum atomic E-state index is 12.7. The lowest BCUT2D eigenvalue weighted by Crippen LogP contribution is -2.15. The molecular weight excluding hydrogens is 358 g/mol. The summed E-state index contributed by atoms with van der Waals surface area (Å²) in [7, 11) is 1.54. The number of nitrogens with two attached hydrogens (primary N) is 1. The normalized spacial score (nSPS) is 10.9. The van der Waals surface area contributed by atoms with Gasteiger partial charge >= 0.3 is 5.69 Å². The van der Waals surface area contributed by atoms with Crippen LogP contribution in [0.15, 0.2) is 53.3 Å². The molecule has 2 aromatic carbocycles. The number of imidazole rings is 1. The molecule has 28 heavy (non-hydrogen) atoms. The first-order valence-corrected chi connectivity index (χ1v) is 8.52. The lowest BCUT2D eigenvalue weighted by atomic mass is 10.1. The zero-order valence-electron chi connectivity index (χ0n) is 15.3. The van der Waals surface area contributed by atoms with Gasteiger partial charge in [0.2, 0.25) is 0 Å². The SMILES string of the molecule is COc1cccc(-n2c(=O)[nH]c3c(C(N)=O)nc(-c4ccccc4C)nc32)c1. The lowest BCUT2D eigenvalue weighted by molar-refractivity contribution is 0.0997. The Kier molecular flexibility index (Phi) is 4.15. The Labute approximate surface area is 159 Å². The Morgan fingerprint density at radius 1 is 1.14 bits per heavy atom. The van der Waals surface area contributed by atoms with Crippen LogP contribution in [-0.2, 0) is 0 Å². The molecule has 1 amide bonds. The summed E-state index contributed by atoms with van der Waals surface area (Å²) in [5.41, 5.74) is 7.71. The molecule has 0 spiro atoms. The Morgan fingerprint density at radius 3 is 2.64 bits per heavy atom. The third-order valence-corrected chi connectivity index (χ3v) is 4.47. The number of nitrogens with zero attached hydrogens (tertiary/aromatic N) is 3. The first-order chi connectivity index (χ1) is 13.5. The van der Waals surface area contributed by atoms with Crippen molar-refractivity contribution in [1.29, 1.82) is 0 Å². The van der Waals surface area contributed by atoms with Crippen molar-refractivity contribution in [3.63, 3.8) is 0 Å². The molecule has 0 aliphatic carbocycles. The third kappa shape index (κ3) is 2.81. The van der Waals surface area contributed by atoms with E-state index in [1.807, 2.05) is 31.2 Å². The van der Waals surface area contributed by atoms with Gasteiger partial charge in [0.15, 0.2) is 17.2 Å². The highest BCUT2D eigenvalue weighted by Crippen LogP contribution is 2.25. The van der Waals surface area contributed by atoms with Crippen molar-refractivity contribution >= 4 is 17.1 Å². The van der Waals surface area contributed by atoms with E-state index in [9.17, 15) is 9.59 Å². The molecule has 4 aromatic rings. The van der Waals surface area contributed by atoms with E-state index in [0.29, 0.717) is 17.3 Å². The van der Waals surface area contributed by atoms with Gasteiger partial charge in [-0.05, 0) is 24.6 Å². The second kappa shape index (κ2) is 6.66. The number of rotatable bonds is 4. The number of methoxy groups -OCH3 is 1. The highest BCUT2D eigenvalue weighted by atomic mass is 16.5. The number of primary amides is 1. The molecule has 2 heterocycles. The number of H-pyrrole nitrogens is 1. The van der Waals surface area contributed by atoms with Crippen LogP contribution >= 0.6 is 0 Å². The molecule has 0 atom stereocenters. The average molecular weight is 375 g/mol. The van der Waals surface area contributed by atoms with Crippen LogP contribution in [0.25, 0.3) is 28.2 Å².